The largest absolute Gasteiger partial charge is 0.491 e. The van der Waals surface area contributed by atoms with E-state index in [1.807, 2.05) is 12.1 Å². The predicted octanol–water partition coefficient (Wildman–Crippen LogP) is 4.07. The summed E-state index contributed by atoms with van der Waals surface area (Å²) in [6, 6.07) is 16.7. The Kier molecular flexibility index (Phi) is 7.63. The molecule has 3 heteroatoms. The maximum absolute atomic E-state index is 6.08. The Labute approximate surface area is 146 Å². The molecule has 0 fully saturated rings. The highest BCUT2D eigenvalue weighted by Crippen LogP contribution is 2.23. The predicted molar refractivity (Wildman–Crippen MR) is 103 cm³/mol. The van der Waals surface area contributed by atoms with Gasteiger partial charge >= 0.3 is 0 Å². The van der Waals surface area contributed by atoms with E-state index in [2.05, 4.69) is 55.6 Å². The standard InChI is InChI=1S/C21H30N2O/c1-17(2)16-24-21-11-10-19(15-20(21)22)9-6-13-23-14-12-18-7-4-3-5-8-18/h3-5,7-8,10-11,15,17,23H,6,9,12-14,16,22H2,1-2H3. The van der Waals surface area contributed by atoms with Crippen LogP contribution in [0.25, 0.3) is 0 Å². The first-order chi connectivity index (χ1) is 11.6. The summed E-state index contributed by atoms with van der Waals surface area (Å²) < 4.78 is 5.72. The third-order valence-electron chi connectivity index (χ3n) is 3.90. The number of ether oxygens (including phenoxy) is 1. The van der Waals surface area contributed by atoms with Crippen LogP contribution in [0.3, 0.4) is 0 Å². The molecule has 0 radical (unpaired) electrons. The van der Waals surface area contributed by atoms with Gasteiger partial charge < -0.3 is 15.8 Å². The zero-order chi connectivity index (χ0) is 17.2. The van der Waals surface area contributed by atoms with Crippen LogP contribution in [0.15, 0.2) is 48.5 Å². The Morgan fingerprint density at radius 1 is 0.958 bits per heavy atom. The first kappa shape index (κ1) is 18.3. The topological polar surface area (TPSA) is 47.3 Å². The summed E-state index contributed by atoms with van der Waals surface area (Å²) in [5.41, 5.74) is 9.48. The molecule has 0 saturated carbocycles. The summed E-state index contributed by atoms with van der Waals surface area (Å²) >= 11 is 0. The molecule has 0 aromatic heterocycles. The lowest BCUT2D eigenvalue weighted by Gasteiger charge is -2.12. The van der Waals surface area contributed by atoms with Gasteiger partial charge in [-0.25, -0.2) is 0 Å². The minimum Gasteiger partial charge on any atom is -0.491 e. The van der Waals surface area contributed by atoms with Gasteiger partial charge in [0.2, 0.25) is 0 Å². The van der Waals surface area contributed by atoms with Crippen molar-refractivity contribution in [2.24, 2.45) is 5.92 Å². The number of nitrogens with one attached hydrogen (secondary N) is 1. The van der Waals surface area contributed by atoms with Crippen molar-refractivity contribution < 1.29 is 4.74 Å². The number of rotatable bonds is 10. The Hall–Kier alpha value is -2.00. The van der Waals surface area contributed by atoms with Crippen LogP contribution in [-0.2, 0) is 12.8 Å². The summed E-state index contributed by atoms with van der Waals surface area (Å²) in [7, 11) is 0. The molecule has 0 aliphatic heterocycles. The maximum Gasteiger partial charge on any atom is 0.142 e. The van der Waals surface area contributed by atoms with E-state index in [9.17, 15) is 0 Å². The molecule has 0 atom stereocenters. The van der Waals surface area contributed by atoms with Gasteiger partial charge in [-0.15, -0.1) is 0 Å². The van der Waals surface area contributed by atoms with E-state index in [0.29, 0.717) is 12.5 Å². The quantitative estimate of drug-likeness (QED) is 0.511. The monoisotopic (exact) mass is 326 g/mol. The zero-order valence-corrected chi connectivity index (χ0v) is 14.9. The molecule has 0 amide bonds. The van der Waals surface area contributed by atoms with Gasteiger partial charge in [0.05, 0.1) is 12.3 Å². The van der Waals surface area contributed by atoms with Gasteiger partial charge in [0.25, 0.3) is 0 Å². The van der Waals surface area contributed by atoms with E-state index < -0.39 is 0 Å². The first-order valence-corrected chi connectivity index (χ1v) is 8.91. The zero-order valence-electron chi connectivity index (χ0n) is 14.9. The van der Waals surface area contributed by atoms with E-state index in [0.717, 1.165) is 43.8 Å². The summed E-state index contributed by atoms with van der Waals surface area (Å²) in [6.07, 6.45) is 3.23. The van der Waals surface area contributed by atoms with E-state index in [4.69, 9.17) is 10.5 Å². The molecule has 2 rings (SSSR count). The number of nitrogens with two attached hydrogens (primary N) is 1. The highest BCUT2D eigenvalue weighted by Gasteiger charge is 2.03. The lowest BCUT2D eigenvalue weighted by Crippen LogP contribution is -2.19. The van der Waals surface area contributed by atoms with Gasteiger partial charge in [-0.2, -0.15) is 0 Å². The van der Waals surface area contributed by atoms with Crippen LogP contribution in [0.2, 0.25) is 0 Å². The molecule has 130 valence electrons. The number of benzene rings is 2. The number of aryl methyl sites for hydroxylation is 1. The summed E-state index contributed by atoms with van der Waals surface area (Å²) in [4.78, 5) is 0. The molecule has 2 aromatic rings. The lowest BCUT2D eigenvalue weighted by atomic mass is 10.1. The molecule has 0 aliphatic rings. The van der Waals surface area contributed by atoms with Crippen molar-refractivity contribution in [3.63, 3.8) is 0 Å². The van der Waals surface area contributed by atoms with Gasteiger partial charge in [-0.3, -0.25) is 0 Å². The Morgan fingerprint density at radius 3 is 2.46 bits per heavy atom. The van der Waals surface area contributed by atoms with Gasteiger partial charge in [0, 0.05) is 0 Å². The van der Waals surface area contributed by atoms with Crippen LogP contribution < -0.4 is 15.8 Å². The molecule has 0 saturated heterocycles. The highest BCUT2D eigenvalue weighted by atomic mass is 16.5. The molecule has 0 spiro atoms. The molecule has 0 unspecified atom stereocenters. The van der Waals surface area contributed by atoms with Crippen LogP contribution in [0.4, 0.5) is 5.69 Å². The van der Waals surface area contributed by atoms with Crippen LogP contribution >= 0.6 is 0 Å². The molecule has 24 heavy (non-hydrogen) atoms. The van der Waals surface area contributed by atoms with E-state index in [1.54, 1.807) is 0 Å². The number of hydrogen-bond donors (Lipinski definition) is 2. The van der Waals surface area contributed by atoms with Crippen molar-refractivity contribution in [1.29, 1.82) is 0 Å². The third-order valence-corrected chi connectivity index (χ3v) is 3.90. The van der Waals surface area contributed by atoms with Crippen molar-refractivity contribution in [2.75, 3.05) is 25.4 Å². The van der Waals surface area contributed by atoms with E-state index >= 15 is 0 Å². The van der Waals surface area contributed by atoms with Crippen LogP contribution in [0.5, 0.6) is 5.75 Å². The third kappa shape index (κ3) is 6.63. The Balaban J connectivity index is 1.64. The molecule has 0 bridgehead atoms. The van der Waals surface area contributed by atoms with Gasteiger partial charge in [-0.05, 0) is 61.5 Å². The molecule has 2 aromatic carbocycles. The number of anilines is 1. The van der Waals surface area contributed by atoms with Gasteiger partial charge in [0.1, 0.15) is 5.75 Å². The van der Waals surface area contributed by atoms with E-state index in [1.165, 1.54) is 11.1 Å². The highest BCUT2D eigenvalue weighted by molar-refractivity contribution is 5.54. The fourth-order valence-corrected chi connectivity index (χ4v) is 2.56. The average molecular weight is 326 g/mol. The summed E-state index contributed by atoms with van der Waals surface area (Å²) in [6.45, 7) is 7.02. The lowest BCUT2D eigenvalue weighted by molar-refractivity contribution is 0.272. The van der Waals surface area contributed by atoms with E-state index in [-0.39, 0.29) is 0 Å². The molecule has 3 nitrogen and oxygen atoms in total. The second-order valence-electron chi connectivity index (χ2n) is 6.67. The number of hydrogen-bond acceptors (Lipinski definition) is 3. The maximum atomic E-state index is 6.08. The van der Waals surface area contributed by atoms with Crippen molar-refractivity contribution in [1.82, 2.24) is 5.32 Å². The minimum atomic E-state index is 0.506. The minimum absolute atomic E-state index is 0.506. The molecular formula is C21H30N2O. The first-order valence-electron chi connectivity index (χ1n) is 8.91. The molecule has 0 aliphatic carbocycles. The van der Waals surface area contributed by atoms with Gasteiger partial charge in [0.15, 0.2) is 0 Å². The van der Waals surface area contributed by atoms with Crippen molar-refractivity contribution in [3.05, 3.63) is 59.7 Å². The second kappa shape index (κ2) is 9.99. The van der Waals surface area contributed by atoms with Crippen molar-refractivity contribution >= 4 is 5.69 Å². The molecule has 3 N–H and O–H groups in total. The van der Waals surface area contributed by atoms with Crippen molar-refractivity contribution in [2.45, 2.75) is 33.1 Å². The van der Waals surface area contributed by atoms with Crippen LogP contribution in [0, 0.1) is 5.92 Å². The van der Waals surface area contributed by atoms with Crippen molar-refractivity contribution in [3.8, 4) is 5.75 Å². The van der Waals surface area contributed by atoms with Crippen LogP contribution in [-0.4, -0.2) is 19.7 Å². The van der Waals surface area contributed by atoms with Crippen LogP contribution in [0.1, 0.15) is 31.4 Å². The SMILES string of the molecule is CC(C)COc1ccc(CCCNCCc2ccccc2)cc1N. The fourth-order valence-electron chi connectivity index (χ4n) is 2.56. The number of nitrogen functional groups attached to an aromatic ring is 1. The fraction of sp³-hybridized carbons (Fsp3) is 0.429. The Morgan fingerprint density at radius 2 is 1.75 bits per heavy atom. The average Bonchev–Trinajstić information content (AvgIpc) is 2.58. The summed E-state index contributed by atoms with van der Waals surface area (Å²) in [5, 5.41) is 3.51. The second-order valence-corrected chi connectivity index (χ2v) is 6.67. The Bertz CT molecular complexity index is 596. The normalized spacial score (nSPS) is 11.0. The molecular weight excluding hydrogens is 296 g/mol. The smallest absolute Gasteiger partial charge is 0.142 e. The summed E-state index contributed by atoms with van der Waals surface area (Å²) in [5.74, 6) is 1.31. The molecule has 0 heterocycles. The van der Waals surface area contributed by atoms with Gasteiger partial charge in [-0.1, -0.05) is 50.2 Å².